The van der Waals surface area contributed by atoms with Gasteiger partial charge in [0.15, 0.2) is 11.6 Å². The number of alkyl halides is 1. The highest BCUT2D eigenvalue weighted by Crippen LogP contribution is 2.53. The Morgan fingerprint density at radius 3 is 2.69 bits per heavy atom. The molecule has 1 aliphatic carbocycles. The second-order valence-corrected chi connectivity index (χ2v) is 13.7. The highest BCUT2D eigenvalue weighted by molar-refractivity contribution is 7.16. The summed E-state index contributed by atoms with van der Waals surface area (Å²) in [5, 5.41) is 20.9. The lowest BCUT2D eigenvalue weighted by atomic mass is 9.74. The van der Waals surface area contributed by atoms with Crippen LogP contribution in [0.15, 0.2) is 24.7 Å². The molecule has 0 amide bonds. The number of thiophene rings is 1. The second-order valence-electron chi connectivity index (χ2n) is 12.5. The average Bonchev–Trinajstić information content (AvgIpc) is 3.74. The number of nitrogen functional groups attached to an aromatic ring is 2. The molecular formula is C31H34FN11OS. The normalized spacial score (nSPS) is 23.6. The van der Waals surface area contributed by atoms with Gasteiger partial charge in [0.1, 0.15) is 46.1 Å². The van der Waals surface area contributed by atoms with E-state index in [0.717, 1.165) is 42.7 Å². The number of aryl methyl sites for hydroxylation is 1. The van der Waals surface area contributed by atoms with Gasteiger partial charge in [0.25, 0.3) is 0 Å². The number of nitrogens with two attached hydrogens (primary N) is 2. The molecule has 12 nitrogen and oxygen atoms in total. The van der Waals surface area contributed by atoms with Crippen LogP contribution in [-0.4, -0.2) is 69.8 Å². The van der Waals surface area contributed by atoms with Crippen molar-refractivity contribution < 1.29 is 9.13 Å². The van der Waals surface area contributed by atoms with E-state index >= 15 is 0 Å². The number of nitriles is 2. The van der Waals surface area contributed by atoms with Crippen molar-refractivity contribution in [2.45, 2.75) is 62.2 Å². The average molecular weight is 628 g/mol. The zero-order valence-corrected chi connectivity index (χ0v) is 26.1. The molecule has 3 aliphatic heterocycles. The molecule has 0 bridgehead atoms. The molecule has 4 aliphatic rings. The molecule has 0 aromatic carbocycles. The lowest BCUT2D eigenvalue weighted by molar-refractivity contribution is 0.171. The summed E-state index contributed by atoms with van der Waals surface area (Å²) in [5.74, 6) is 1.45. The highest BCUT2D eigenvalue weighted by Gasteiger charge is 2.54. The summed E-state index contributed by atoms with van der Waals surface area (Å²) in [6.45, 7) is 8.41. The van der Waals surface area contributed by atoms with Gasteiger partial charge in [-0.3, -0.25) is 9.88 Å². The molecule has 3 aromatic heterocycles. The van der Waals surface area contributed by atoms with E-state index in [1.807, 2.05) is 16.7 Å². The monoisotopic (exact) mass is 627 g/mol. The SMILES string of the molecule is C=C(Oc1nc(N2CC3(CCc4sc(N)c(C#N)c43)C2)c(C#N)c(N(C)C(C)c2nccnc2N)n1)[C@@]12CCCN1C[C@H](F)C2. The maximum atomic E-state index is 14.6. The highest BCUT2D eigenvalue weighted by atomic mass is 32.1. The van der Waals surface area contributed by atoms with Crippen LogP contribution in [0.25, 0.3) is 0 Å². The van der Waals surface area contributed by atoms with E-state index in [1.165, 1.54) is 17.5 Å². The van der Waals surface area contributed by atoms with Crippen molar-refractivity contribution in [2.75, 3.05) is 54.5 Å². The predicted molar refractivity (Wildman–Crippen MR) is 168 cm³/mol. The zero-order chi connectivity index (χ0) is 31.7. The fourth-order valence-electron chi connectivity index (χ4n) is 7.81. The Kier molecular flexibility index (Phi) is 6.83. The van der Waals surface area contributed by atoms with Gasteiger partial charge in [-0.05, 0) is 44.7 Å². The summed E-state index contributed by atoms with van der Waals surface area (Å²) in [7, 11) is 1.81. The predicted octanol–water partition coefficient (Wildman–Crippen LogP) is 3.61. The van der Waals surface area contributed by atoms with Gasteiger partial charge in [-0.25, -0.2) is 9.37 Å². The molecule has 45 heavy (non-hydrogen) atoms. The first-order valence-electron chi connectivity index (χ1n) is 15.0. The van der Waals surface area contributed by atoms with Crippen LogP contribution in [0, 0.1) is 22.7 Å². The smallest absolute Gasteiger partial charge is 0.325 e. The number of hydrogen-bond acceptors (Lipinski definition) is 13. The fraction of sp³-hybridized carbons (Fsp3) is 0.484. The molecule has 0 saturated carbocycles. The lowest BCUT2D eigenvalue weighted by Crippen LogP contribution is -2.59. The van der Waals surface area contributed by atoms with Crippen molar-refractivity contribution in [2.24, 2.45) is 0 Å². The number of halogens is 1. The maximum absolute atomic E-state index is 14.6. The third kappa shape index (κ3) is 4.38. The molecule has 0 radical (unpaired) electrons. The largest absolute Gasteiger partial charge is 0.427 e. The van der Waals surface area contributed by atoms with Crippen molar-refractivity contribution in [3.05, 3.63) is 52.0 Å². The number of hydrogen-bond donors (Lipinski definition) is 2. The van der Waals surface area contributed by atoms with Crippen LogP contribution in [0.5, 0.6) is 6.01 Å². The standard InChI is InChI=1S/C31H34FN11OS/c1-17(24-25(35)38-9-8-37-24)41(3)27-21(13-34)28(42-15-30(16-42)7-5-22-23(30)20(12-33)26(36)45-22)40-29(39-27)44-18(2)31-6-4-10-43(31)14-19(32)11-31/h8-9,17,19H,2,4-7,10-11,14-16,36H2,1,3H3,(H2,35,38)/t17?,19-,31+/m1/s1. The van der Waals surface area contributed by atoms with E-state index in [0.29, 0.717) is 59.7 Å². The maximum Gasteiger partial charge on any atom is 0.325 e. The molecule has 1 spiro atoms. The van der Waals surface area contributed by atoms with Gasteiger partial charge in [-0.2, -0.15) is 20.5 Å². The van der Waals surface area contributed by atoms with Gasteiger partial charge in [-0.1, -0.05) is 6.58 Å². The molecule has 1 unspecified atom stereocenters. The van der Waals surface area contributed by atoms with Crippen molar-refractivity contribution in [1.82, 2.24) is 24.8 Å². The summed E-state index contributed by atoms with van der Waals surface area (Å²) in [6, 6.07) is 4.28. The molecule has 3 fully saturated rings. The number of fused-ring (bicyclic) bond motifs is 3. The number of anilines is 4. The van der Waals surface area contributed by atoms with Crippen molar-refractivity contribution in [3.8, 4) is 18.1 Å². The summed E-state index contributed by atoms with van der Waals surface area (Å²) in [6.07, 6.45) is 5.87. The van der Waals surface area contributed by atoms with E-state index in [2.05, 4.69) is 33.6 Å². The first-order chi connectivity index (χ1) is 21.6. The molecule has 4 N–H and O–H groups in total. The Morgan fingerprint density at radius 1 is 1.20 bits per heavy atom. The quantitative estimate of drug-likeness (QED) is 0.365. The minimum absolute atomic E-state index is 0.0317. The van der Waals surface area contributed by atoms with E-state index in [9.17, 15) is 14.9 Å². The minimum atomic E-state index is -0.957. The molecule has 7 rings (SSSR count). The Labute approximate surface area is 264 Å². The van der Waals surface area contributed by atoms with Crippen LogP contribution < -0.4 is 26.0 Å². The Hall–Kier alpha value is -4.53. The van der Waals surface area contributed by atoms with E-state index in [4.69, 9.17) is 26.2 Å². The fourth-order valence-corrected chi connectivity index (χ4v) is 8.95. The van der Waals surface area contributed by atoms with Gasteiger partial charge in [0.05, 0.1) is 17.1 Å². The van der Waals surface area contributed by atoms with Crippen LogP contribution in [0.1, 0.15) is 65.9 Å². The number of rotatable bonds is 7. The van der Waals surface area contributed by atoms with Crippen molar-refractivity contribution in [1.29, 1.82) is 10.5 Å². The lowest BCUT2D eigenvalue weighted by Gasteiger charge is -2.49. The minimum Gasteiger partial charge on any atom is -0.427 e. The van der Waals surface area contributed by atoms with Crippen LogP contribution >= 0.6 is 11.3 Å². The molecule has 3 aromatic rings. The summed E-state index contributed by atoms with van der Waals surface area (Å²) >= 11 is 1.49. The molecule has 3 saturated heterocycles. The summed E-state index contributed by atoms with van der Waals surface area (Å²) < 4.78 is 20.9. The van der Waals surface area contributed by atoms with Crippen LogP contribution in [-0.2, 0) is 11.8 Å². The van der Waals surface area contributed by atoms with Gasteiger partial charge in [0.2, 0.25) is 0 Å². The molecular weight excluding hydrogens is 593 g/mol. The number of nitrogens with zero attached hydrogens (tertiary/aromatic N) is 9. The van der Waals surface area contributed by atoms with Gasteiger partial charge < -0.3 is 26.0 Å². The Morgan fingerprint density at radius 2 is 1.96 bits per heavy atom. The van der Waals surface area contributed by atoms with Crippen LogP contribution in [0.4, 0.5) is 26.8 Å². The summed E-state index contributed by atoms with van der Waals surface area (Å²) in [5.41, 5.74) is 13.9. The van der Waals surface area contributed by atoms with E-state index in [-0.39, 0.29) is 22.8 Å². The van der Waals surface area contributed by atoms with Gasteiger partial charge in [0, 0.05) is 55.8 Å². The van der Waals surface area contributed by atoms with Crippen LogP contribution in [0.3, 0.4) is 0 Å². The van der Waals surface area contributed by atoms with Crippen molar-refractivity contribution in [3.63, 3.8) is 0 Å². The number of aromatic nitrogens is 4. The first-order valence-corrected chi connectivity index (χ1v) is 15.9. The van der Waals surface area contributed by atoms with E-state index in [1.54, 1.807) is 13.2 Å². The van der Waals surface area contributed by atoms with Crippen LogP contribution in [0.2, 0.25) is 0 Å². The molecule has 14 heteroatoms. The summed E-state index contributed by atoms with van der Waals surface area (Å²) in [4.78, 5) is 25.2. The van der Waals surface area contributed by atoms with Gasteiger partial charge in [-0.15, -0.1) is 11.3 Å². The van der Waals surface area contributed by atoms with E-state index < -0.39 is 17.8 Å². The zero-order valence-electron chi connectivity index (χ0n) is 25.3. The molecule has 232 valence electrons. The molecule has 3 atom stereocenters. The molecule has 6 heterocycles. The van der Waals surface area contributed by atoms with Crippen molar-refractivity contribution >= 4 is 33.8 Å². The van der Waals surface area contributed by atoms with Gasteiger partial charge >= 0.3 is 6.01 Å². The number of ether oxygens (including phenoxy) is 1. The topological polar surface area (TPSA) is 170 Å². The Balaban J connectivity index is 1.27. The third-order valence-corrected chi connectivity index (χ3v) is 11.2. The second kappa shape index (κ2) is 10.5. The first kappa shape index (κ1) is 29.2. The third-order valence-electron chi connectivity index (χ3n) is 10.1. The Bertz CT molecular complexity index is 1790.